The molecule has 1 heterocycles. The molecule has 0 fully saturated rings. The Bertz CT molecular complexity index is 574. The van der Waals surface area contributed by atoms with Crippen LogP contribution >= 0.6 is 11.6 Å². The van der Waals surface area contributed by atoms with Crippen LogP contribution in [0.4, 0.5) is 17.2 Å². The molecule has 0 unspecified atom stereocenters. The SMILES string of the molecule is CC(C)Oc1cc(Nc2cc(N)ccc2Cl)ncn1. The van der Waals surface area contributed by atoms with Crippen molar-refractivity contribution in [3.8, 4) is 5.88 Å². The van der Waals surface area contributed by atoms with Gasteiger partial charge in [-0.15, -0.1) is 0 Å². The Balaban J connectivity index is 2.21. The van der Waals surface area contributed by atoms with Crippen LogP contribution in [0, 0.1) is 0 Å². The van der Waals surface area contributed by atoms with E-state index in [1.165, 1.54) is 6.33 Å². The highest BCUT2D eigenvalue weighted by Gasteiger charge is 2.05. The second kappa shape index (κ2) is 5.75. The smallest absolute Gasteiger partial charge is 0.218 e. The van der Waals surface area contributed by atoms with E-state index in [2.05, 4.69) is 15.3 Å². The summed E-state index contributed by atoms with van der Waals surface area (Å²) in [4.78, 5) is 8.14. The van der Waals surface area contributed by atoms with Gasteiger partial charge in [0.05, 0.1) is 16.8 Å². The zero-order valence-corrected chi connectivity index (χ0v) is 11.5. The number of nitrogens with zero attached hydrogens (tertiary/aromatic N) is 2. The maximum absolute atomic E-state index is 6.08. The number of aromatic nitrogens is 2. The van der Waals surface area contributed by atoms with Crippen molar-refractivity contribution >= 4 is 28.8 Å². The lowest BCUT2D eigenvalue weighted by Crippen LogP contribution is -2.07. The fourth-order valence-electron chi connectivity index (χ4n) is 1.49. The number of hydrogen-bond acceptors (Lipinski definition) is 5. The van der Waals surface area contributed by atoms with Crippen molar-refractivity contribution in [2.75, 3.05) is 11.1 Å². The van der Waals surface area contributed by atoms with Crippen molar-refractivity contribution in [3.63, 3.8) is 0 Å². The molecule has 0 aliphatic carbocycles. The zero-order chi connectivity index (χ0) is 13.8. The van der Waals surface area contributed by atoms with Crippen LogP contribution in [0.2, 0.25) is 5.02 Å². The maximum Gasteiger partial charge on any atom is 0.218 e. The molecule has 0 radical (unpaired) electrons. The number of hydrogen-bond donors (Lipinski definition) is 2. The van der Waals surface area contributed by atoms with Gasteiger partial charge in [0, 0.05) is 11.8 Å². The molecule has 1 aromatic heterocycles. The molecule has 2 aromatic rings. The lowest BCUT2D eigenvalue weighted by atomic mass is 10.3. The molecule has 0 aliphatic rings. The number of nitrogen functional groups attached to an aromatic ring is 1. The van der Waals surface area contributed by atoms with Gasteiger partial charge < -0.3 is 15.8 Å². The molecule has 0 atom stereocenters. The van der Waals surface area contributed by atoms with Gasteiger partial charge in [0.15, 0.2) is 0 Å². The number of benzene rings is 1. The van der Waals surface area contributed by atoms with Gasteiger partial charge in [-0.25, -0.2) is 9.97 Å². The summed E-state index contributed by atoms with van der Waals surface area (Å²) in [5, 5.41) is 3.65. The number of nitrogens with one attached hydrogen (secondary N) is 1. The number of nitrogens with two attached hydrogens (primary N) is 1. The molecule has 6 heteroatoms. The molecule has 2 rings (SSSR count). The fourth-order valence-corrected chi connectivity index (χ4v) is 1.66. The van der Waals surface area contributed by atoms with Gasteiger partial charge in [0.1, 0.15) is 12.1 Å². The van der Waals surface area contributed by atoms with Crippen LogP contribution in [0.15, 0.2) is 30.6 Å². The van der Waals surface area contributed by atoms with Crippen LogP contribution in [0.5, 0.6) is 5.88 Å². The largest absolute Gasteiger partial charge is 0.475 e. The fraction of sp³-hybridized carbons (Fsp3) is 0.231. The summed E-state index contributed by atoms with van der Waals surface area (Å²) in [5.41, 5.74) is 7.04. The molecule has 100 valence electrons. The van der Waals surface area contributed by atoms with Crippen LogP contribution in [0.1, 0.15) is 13.8 Å². The second-order valence-electron chi connectivity index (χ2n) is 4.27. The van der Waals surface area contributed by atoms with Gasteiger partial charge in [0.2, 0.25) is 5.88 Å². The van der Waals surface area contributed by atoms with Gasteiger partial charge in [0.25, 0.3) is 0 Å². The average Bonchev–Trinajstić information content (AvgIpc) is 2.33. The second-order valence-corrected chi connectivity index (χ2v) is 4.68. The topological polar surface area (TPSA) is 73.1 Å². The van der Waals surface area contributed by atoms with Crippen molar-refractivity contribution in [3.05, 3.63) is 35.6 Å². The van der Waals surface area contributed by atoms with Crippen molar-refractivity contribution in [2.45, 2.75) is 20.0 Å². The third-order valence-electron chi connectivity index (χ3n) is 2.25. The number of rotatable bonds is 4. The summed E-state index contributed by atoms with van der Waals surface area (Å²) < 4.78 is 5.50. The molecule has 0 saturated heterocycles. The normalized spacial score (nSPS) is 10.5. The predicted molar refractivity (Wildman–Crippen MR) is 76.9 cm³/mol. The minimum Gasteiger partial charge on any atom is -0.475 e. The highest BCUT2D eigenvalue weighted by Crippen LogP contribution is 2.27. The van der Waals surface area contributed by atoms with E-state index in [1.54, 1.807) is 24.3 Å². The van der Waals surface area contributed by atoms with Crippen molar-refractivity contribution in [2.24, 2.45) is 0 Å². The van der Waals surface area contributed by atoms with Crippen LogP contribution in [0.3, 0.4) is 0 Å². The van der Waals surface area contributed by atoms with E-state index in [4.69, 9.17) is 22.1 Å². The Hall–Kier alpha value is -2.01. The molecule has 19 heavy (non-hydrogen) atoms. The number of anilines is 3. The van der Waals surface area contributed by atoms with Crippen molar-refractivity contribution in [1.29, 1.82) is 0 Å². The van der Waals surface area contributed by atoms with Crippen LogP contribution in [-0.2, 0) is 0 Å². The summed E-state index contributed by atoms with van der Waals surface area (Å²) in [6, 6.07) is 6.92. The quantitative estimate of drug-likeness (QED) is 0.840. The molecule has 0 spiro atoms. The number of halogens is 1. The zero-order valence-electron chi connectivity index (χ0n) is 10.7. The molecule has 1 aromatic carbocycles. The van der Waals surface area contributed by atoms with Crippen LogP contribution in [-0.4, -0.2) is 16.1 Å². The average molecular weight is 279 g/mol. The monoisotopic (exact) mass is 278 g/mol. The standard InChI is InChI=1S/C13H15ClN4O/c1-8(2)19-13-6-12(16-7-17-13)18-11-5-9(15)3-4-10(11)14/h3-8H,15H2,1-2H3,(H,16,17,18). The predicted octanol–water partition coefficient (Wildman–Crippen LogP) is 3.24. The molecule has 0 aliphatic heterocycles. The van der Waals surface area contributed by atoms with Gasteiger partial charge in [-0.1, -0.05) is 11.6 Å². The van der Waals surface area contributed by atoms with E-state index < -0.39 is 0 Å². The molecule has 5 nitrogen and oxygen atoms in total. The summed E-state index contributed by atoms with van der Waals surface area (Å²) in [5.74, 6) is 1.10. The Morgan fingerprint density at radius 3 is 2.79 bits per heavy atom. The molecule has 0 amide bonds. The highest BCUT2D eigenvalue weighted by molar-refractivity contribution is 6.33. The Labute approximate surface area is 116 Å². The van der Waals surface area contributed by atoms with E-state index in [1.807, 2.05) is 13.8 Å². The Morgan fingerprint density at radius 2 is 2.05 bits per heavy atom. The first-order valence-electron chi connectivity index (χ1n) is 5.85. The minimum absolute atomic E-state index is 0.0544. The first-order chi connectivity index (χ1) is 9.04. The van der Waals surface area contributed by atoms with Crippen LogP contribution < -0.4 is 15.8 Å². The van der Waals surface area contributed by atoms with Gasteiger partial charge >= 0.3 is 0 Å². The Kier molecular flexibility index (Phi) is 4.06. The van der Waals surface area contributed by atoms with E-state index >= 15 is 0 Å². The van der Waals surface area contributed by atoms with E-state index in [0.29, 0.717) is 28.1 Å². The lowest BCUT2D eigenvalue weighted by molar-refractivity contribution is 0.232. The van der Waals surface area contributed by atoms with Crippen molar-refractivity contribution < 1.29 is 4.74 Å². The number of ether oxygens (including phenoxy) is 1. The molecular weight excluding hydrogens is 264 g/mol. The first kappa shape index (κ1) is 13.4. The summed E-state index contributed by atoms with van der Waals surface area (Å²) in [6.07, 6.45) is 1.49. The van der Waals surface area contributed by atoms with E-state index in [9.17, 15) is 0 Å². The van der Waals surface area contributed by atoms with E-state index in [0.717, 1.165) is 0 Å². The van der Waals surface area contributed by atoms with Crippen molar-refractivity contribution in [1.82, 2.24) is 9.97 Å². The summed E-state index contributed by atoms with van der Waals surface area (Å²) in [6.45, 7) is 3.87. The van der Waals surface area contributed by atoms with E-state index in [-0.39, 0.29) is 6.10 Å². The minimum atomic E-state index is 0.0544. The Morgan fingerprint density at radius 1 is 1.26 bits per heavy atom. The molecular formula is C13H15ClN4O. The van der Waals surface area contributed by atoms with Gasteiger partial charge in [-0.2, -0.15) is 0 Å². The van der Waals surface area contributed by atoms with Gasteiger partial charge in [-0.05, 0) is 32.0 Å². The maximum atomic E-state index is 6.08. The lowest BCUT2D eigenvalue weighted by Gasteiger charge is -2.11. The summed E-state index contributed by atoms with van der Waals surface area (Å²) >= 11 is 6.08. The van der Waals surface area contributed by atoms with Gasteiger partial charge in [-0.3, -0.25) is 0 Å². The molecule has 0 bridgehead atoms. The molecule has 0 saturated carbocycles. The third kappa shape index (κ3) is 3.72. The van der Waals surface area contributed by atoms with Crippen LogP contribution in [0.25, 0.3) is 0 Å². The highest BCUT2D eigenvalue weighted by atomic mass is 35.5. The first-order valence-corrected chi connectivity index (χ1v) is 6.23. The summed E-state index contributed by atoms with van der Waals surface area (Å²) in [7, 11) is 0. The molecule has 3 N–H and O–H groups in total. The third-order valence-corrected chi connectivity index (χ3v) is 2.58.